The van der Waals surface area contributed by atoms with Crippen molar-refractivity contribution in [1.29, 1.82) is 5.53 Å². The highest BCUT2D eigenvalue weighted by atomic mass is 19.1. The third-order valence-corrected chi connectivity index (χ3v) is 4.66. The lowest BCUT2D eigenvalue weighted by molar-refractivity contribution is -0.115. The molecule has 0 amide bonds. The number of carbonyl (C=O) groups is 2. The largest absolute Gasteiger partial charge is 0.360 e. The second-order valence-corrected chi connectivity index (χ2v) is 7.00. The first-order valence-corrected chi connectivity index (χ1v) is 9.82. The Bertz CT molecular complexity index is 992. The van der Waals surface area contributed by atoms with E-state index in [-0.39, 0.29) is 22.8 Å². The van der Waals surface area contributed by atoms with Crippen LogP contribution in [0.4, 0.5) is 10.1 Å². The maximum absolute atomic E-state index is 13.7. The summed E-state index contributed by atoms with van der Waals surface area (Å²) in [6, 6.07) is 11.2. The van der Waals surface area contributed by atoms with Gasteiger partial charge in [-0.1, -0.05) is 19.4 Å². The molecule has 156 valence electrons. The van der Waals surface area contributed by atoms with E-state index in [0.29, 0.717) is 29.7 Å². The molecule has 0 heterocycles. The van der Waals surface area contributed by atoms with Crippen molar-refractivity contribution in [3.63, 3.8) is 0 Å². The first-order valence-electron chi connectivity index (χ1n) is 9.82. The molecule has 0 aliphatic rings. The summed E-state index contributed by atoms with van der Waals surface area (Å²) >= 11 is 0. The summed E-state index contributed by atoms with van der Waals surface area (Å²) in [7, 11) is 0. The van der Waals surface area contributed by atoms with Crippen LogP contribution >= 0.6 is 0 Å². The first-order chi connectivity index (χ1) is 14.3. The molecule has 30 heavy (non-hydrogen) atoms. The zero-order valence-electron chi connectivity index (χ0n) is 17.5. The van der Waals surface area contributed by atoms with Gasteiger partial charge in [0.2, 0.25) is 0 Å². The number of nitrogens with zero attached hydrogens (tertiary/aromatic N) is 1. The molecule has 0 fully saturated rings. The predicted octanol–water partition coefficient (Wildman–Crippen LogP) is 6.46. The van der Waals surface area contributed by atoms with Crippen LogP contribution in [-0.2, 0) is 4.79 Å². The van der Waals surface area contributed by atoms with Crippen LogP contribution in [0.1, 0.15) is 54.6 Å². The second-order valence-electron chi connectivity index (χ2n) is 7.00. The van der Waals surface area contributed by atoms with Gasteiger partial charge < -0.3 is 5.32 Å². The van der Waals surface area contributed by atoms with Gasteiger partial charge in [0.1, 0.15) is 11.5 Å². The highest BCUT2D eigenvalue weighted by molar-refractivity contribution is 6.03. The second kappa shape index (κ2) is 11.0. The quantitative estimate of drug-likeness (QED) is 0.205. The van der Waals surface area contributed by atoms with Gasteiger partial charge in [-0.3, -0.25) is 9.59 Å². The maximum atomic E-state index is 13.7. The van der Waals surface area contributed by atoms with E-state index in [1.165, 1.54) is 25.3 Å². The van der Waals surface area contributed by atoms with Gasteiger partial charge in [0, 0.05) is 29.4 Å². The number of hydrogen-bond acceptors (Lipinski definition) is 5. The Kier molecular flexibility index (Phi) is 8.35. The smallest absolute Gasteiger partial charge is 0.165 e. The summed E-state index contributed by atoms with van der Waals surface area (Å²) < 4.78 is 13.7. The van der Waals surface area contributed by atoms with Gasteiger partial charge in [-0.05, 0) is 73.9 Å². The number of benzene rings is 2. The van der Waals surface area contributed by atoms with Crippen molar-refractivity contribution in [1.82, 2.24) is 0 Å². The molecule has 0 spiro atoms. The van der Waals surface area contributed by atoms with E-state index in [0.717, 1.165) is 12.0 Å². The third-order valence-electron chi connectivity index (χ3n) is 4.66. The van der Waals surface area contributed by atoms with Crippen LogP contribution in [0.15, 0.2) is 65.0 Å². The zero-order valence-corrected chi connectivity index (χ0v) is 17.5. The molecular formula is C24H26FN3O2. The standard InChI is InChI=1S/C24H26FN3O2/c1-4-5-6-24(30)22(14-19-13-20(25)10-7-16(19)2)23(28-26)15-27-21-11-8-18(9-12-21)17(3)29/h7-15,26-27H,4-6H2,1-3H3/b22-14-,23-15-,28-26?. The molecule has 2 rings (SSSR count). The molecular weight excluding hydrogens is 381 g/mol. The zero-order chi connectivity index (χ0) is 22.1. The fourth-order valence-corrected chi connectivity index (χ4v) is 2.81. The average molecular weight is 407 g/mol. The number of rotatable bonds is 10. The normalized spacial score (nSPS) is 11.9. The molecule has 0 aliphatic heterocycles. The highest BCUT2D eigenvalue weighted by Crippen LogP contribution is 2.23. The van der Waals surface area contributed by atoms with Gasteiger partial charge >= 0.3 is 0 Å². The lowest BCUT2D eigenvalue weighted by Gasteiger charge is -2.10. The van der Waals surface area contributed by atoms with Crippen molar-refractivity contribution in [2.75, 3.05) is 5.32 Å². The van der Waals surface area contributed by atoms with Crippen LogP contribution in [0.2, 0.25) is 0 Å². The number of aryl methyl sites for hydroxylation is 1. The van der Waals surface area contributed by atoms with Crippen molar-refractivity contribution in [2.45, 2.75) is 40.0 Å². The molecule has 0 radical (unpaired) electrons. The first kappa shape index (κ1) is 22.9. The molecule has 2 N–H and O–H groups in total. The van der Waals surface area contributed by atoms with Gasteiger partial charge in [-0.25, -0.2) is 9.92 Å². The summed E-state index contributed by atoms with van der Waals surface area (Å²) in [5.74, 6) is -0.586. The van der Waals surface area contributed by atoms with Crippen LogP contribution in [0.25, 0.3) is 6.08 Å². The van der Waals surface area contributed by atoms with E-state index in [1.807, 2.05) is 13.8 Å². The fraction of sp³-hybridized carbons (Fsp3) is 0.250. The molecule has 0 aromatic heterocycles. The number of anilines is 1. The predicted molar refractivity (Wildman–Crippen MR) is 117 cm³/mol. The van der Waals surface area contributed by atoms with Crippen LogP contribution in [-0.4, -0.2) is 11.6 Å². The Balaban J connectivity index is 2.40. The average Bonchev–Trinajstić information content (AvgIpc) is 2.74. The van der Waals surface area contributed by atoms with Crippen LogP contribution < -0.4 is 5.32 Å². The highest BCUT2D eigenvalue weighted by Gasteiger charge is 2.15. The summed E-state index contributed by atoms with van der Waals surface area (Å²) in [5, 5.41) is 6.55. The minimum absolute atomic E-state index is 0.0313. The summed E-state index contributed by atoms with van der Waals surface area (Å²) in [5.41, 5.74) is 10.6. The van der Waals surface area contributed by atoms with Crippen LogP contribution in [0.5, 0.6) is 0 Å². The van der Waals surface area contributed by atoms with E-state index in [9.17, 15) is 14.0 Å². The maximum Gasteiger partial charge on any atom is 0.165 e. The lowest BCUT2D eigenvalue weighted by Crippen LogP contribution is -2.06. The number of carbonyl (C=O) groups excluding carboxylic acids is 2. The summed E-state index contributed by atoms with van der Waals surface area (Å²) in [6.45, 7) is 5.31. The third kappa shape index (κ3) is 6.30. The fourth-order valence-electron chi connectivity index (χ4n) is 2.81. The number of hydrogen-bond donors (Lipinski definition) is 2. The van der Waals surface area contributed by atoms with E-state index in [1.54, 1.807) is 36.4 Å². The van der Waals surface area contributed by atoms with E-state index in [4.69, 9.17) is 5.53 Å². The monoisotopic (exact) mass is 407 g/mol. The summed E-state index contributed by atoms with van der Waals surface area (Å²) in [4.78, 5) is 24.2. The molecule has 5 nitrogen and oxygen atoms in total. The number of halogens is 1. The van der Waals surface area contributed by atoms with Crippen molar-refractivity contribution >= 4 is 23.3 Å². The molecule has 0 atom stereocenters. The van der Waals surface area contributed by atoms with E-state index >= 15 is 0 Å². The van der Waals surface area contributed by atoms with Crippen molar-refractivity contribution < 1.29 is 14.0 Å². The molecule has 6 heteroatoms. The Morgan fingerprint density at radius 3 is 2.47 bits per heavy atom. The van der Waals surface area contributed by atoms with Gasteiger partial charge in [0.05, 0.1) is 0 Å². The van der Waals surface area contributed by atoms with E-state index < -0.39 is 5.82 Å². The van der Waals surface area contributed by atoms with Gasteiger partial charge in [-0.2, -0.15) is 5.11 Å². The summed E-state index contributed by atoms with van der Waals surface area (Å²) in [6.07, 6.45) is 4.94. The molecule has 2 aromatic carbocycles. The number of allylic oxidation sites excluding steroid dienone is 1. The molecule has 0 bridgehead atoms. The van der Waals surface area contributed by atoms with Gasteiger partial charge in [0.15, 0.2) is 11.6 Å². The van der Waals surface area contributed by atoms with E-state index in [2.05, 4.69) is 10.4 Å². The van der Waals surface area contributed by atoms with Crippen LogP contribution in [0.3, 0.4) is 0 Å². The number of Topliss-reactive ketones (excluding diaryl/α,β-unsaturated/α-hetero) is 2. The topological polar surface area (TPSA) is 82.4 Å². The number of unbranched alkanes of at least 4 members (excludes halogenated alkanes) is 1. The molecule has 0 unspecified atom stereocenters. The Morgan fingerprint density at radius 2 is 1.87 bits per heavy atom. The minimum Gasteiger partial charge on any atom is -0.360 e. The van der Waals surface area contributed by atoms with Gasteiger partial charge in [-0.15, -0.1) is 0 Å². The van der Waals surface area contributed by atoms with Crippen molar-refractivity contribution in [2.24, 2.45) is 5.11 Å². The SMILES string of the molecule is CCCCC(=O)C(=C\c1cc(F)ccc1C)/C(=C/Nc1ccc(C(C)=O)cc1)N=N. The molecule has 0 saturated heterocycles. The molecule has 0 saturated carbocycles. The Labute approximate surface area is 176 Å². The molecule has 0 aliphatic carbocycles. The van der Waals surface area contributed by atoms with Crippen molar-refractivity contribution in [3.8, 4) is 0 Å². The lowest BCUT2D eigenvalue weighted by atomic mass is 9.98. The van der Waals surface area contributed by atoms with Crippen LogP contribution in [0, 0.1) is 18.3 Å². The minimum atomic E-state index is -0.399. The Morgan fingerprint density at radius 1 is 1.17 bits per heavy atom. The number of ketones is 2. The molecule has 2 aromatic rings. The Hall–Kier alpha value is -3.41. The van der Waals surface area contributed by atoms with Crippen molar-refractivity contribution in [3.05, 3.63) is 82.4 Å². The number of nitrogens with one attached hydrogen (secondary N) is 2. The van der Waals surface area contributed by atoms with Gasteiger partial charge in [0.25, 0.3) is 0 Å².